The maximum Gasteiger partial charge on any atom is 0.381 e. The molecule has 0 N–H and O–H groups in total. The maximum atomic E-state index is 10.5. The molecule has 0 aliphatic rings. The quantitative estimate of drug-likeness (QED) is 0.316. The molecule has 0 atom stereocenters. The van der Waals surface area contributed by atoms with Crippen LogP contribution in [0, 0.1) is 10.1 Å². The zero-order chi connectivity index (χ0) is 14.6. The first-order chi connectivity index (χ1) is 9.74. The van der Waals surface area contributed by atoms with Crippen LogP contribution in [0.15, 0.2) is 12.5 Å². The summed E-state index contributed by atoms with van der Waals surface area (Å²) in [4.78, 5) is 13.8. The summed E-state index contributed by atoms with van der Waals surface area (Å²) in [6.07, 6.45) is 16.1. The minimum absolute atomic E-state index is 0.0583. The fourth-order valence-electron chi connectivity index (χ4n) is 2.35. The third-order valence-corrected chi connectivity index (χ3v) is 3.58. The van der Waals surface area contributed by atoms with E-state index in [2.05, 4.69) is 11.9 Å². The molecule has 0 bridgehead atoms. The first kappa shape index (κ1) is 16.7. The zero-order valence-corrected chi connectivity index (χ0v) is 12.6. The van der Waals surface area contributed by atoms with E-state index in [4.69, 9.17) is 0 Å². The van der Waals surface area contributed by atoms with Gasteiger partial charge in [0.1, 0.15) is 6.20 Å². The molecule has 0 fully saturated rings. The van der Waals surface area contributed by atoms with Crippen LogP contribution >= 0.6 is 0 Å². The van der Waals surface area contributed by atoms with Crippen molar-refractivity contribution in [3.8, 4) is 0 Å². The van der Waals surface area contributed by atoms with E-state index in [1.807, 2.05) is 4.57 Å². The fourth-order valence-corrected chi connectivity index (χ4v) is 2.35. The molecule has 5 nitrogen and oxygen atoms in total. The Balaban J connectivity index is 1.93. The van der Waals surface area contributed by atoms with Gasteiger partial charge in [0.25, 0.3) is 0 Å². The molecular weight excluding hydrogens is 254 g/mol. The summed E-state index contributed by atoms with van der Waals surface area (Å²) >= 11 is 0. The van der Waals surface area contributed by atoms with Gasteiger partial charge < -0.3 is 14.7 Å². The summed E-state index contributed by atoms with van der Waals surface area (Å²) in [5, 5.41) is 10.5. The van der Waals surface area contributed by atoms with Crippen LogP contribution in [0.3, 0.4) is 0 Å². The predicted molar refractivity (Wildman–Crippen MR) is 80.7 cm³/mol. The van der Waals surface area contributed by atoms with E-state index in [0.29, 0.717) is 0 Å². The van der Waals surface area contributed by atoms with Gasteiger partial charge in [-0.3, -0.25) is 0 Å². The molecule has 0 unspecified atom stereocenters. The van der Waals surface area contributed by atoms with Crippen molar-refractivity contribution in [2.75, 3.05) is 0 Å². The van der Waals surface area contributed by atoms with E-state index < -0.39 is 4.92 Å². The molecule has 20 heavy (non-hydrogen) atoms. The van der Waals surface area contributed by atoms with Gasteiger partial charge >= 0.3 is 5.82 Å². The first-order valence-corrected chi connectivity index (χ1v) is 7.90. The van der Waals surface area contributed by atoms with Crippen molar-refractivity contribution >= 4 is 5.82 Å². The Hall–Kier alpha value is -1.39. The van der Waals surface area contributed by atoms with E-state index in [9.17, 15) is 10.1 Å². The van der Waals surface area contributed by atoms with E-state index in [1.165, 1.54) is 64.0 Å². The molecule has 0 amide bonds. The van der Waals surface area contributed by atoms with Gasteiger partial charge in [0, 0.05) is 6.54 Å². The third-order valence-electron chi connectivity index (χ3n) is 3.58. The van der Waals surface area contributed by atoms with Crippen molar-refractivity contribution in [3.05, 3.63) is 22.6 Å². The number of nitrogens with zero attached hydrogens (tertiary/aromatic N) is 3. The summed E-state index contributed by atoms with van der Waals surface area (Å²) in [6, 6.07) is 0. The molecule has 0 spiro atoms. The number of aromatic nitrogens is 2. The van der Waals surface area contributed by atoms with Gasteiger partial charge in [0.2, 0.25) is 6.33 Å². The van der Waals surface area contributed by atoms with Crippen molar-refractivity contribution in [2.45, 2.75) is 77.7 Å². The number of rotatable bonds is 12. The van der Waals surface area contributed by atoms with Crippen LogP contribution in [-0.4, -0.2) is 14.5 Å². The molecule has 0 aliphatic heterocycles. The second-order valence-electron chi connectivity index (χ2n) is 5.41. The molecule has 1 aromatic heterocycles. The van der Waals surface area contributed by atoms with Crippen molar-refractivity contribution in [1.29, 1.82) is 0 Å². The molecular formula is C15H27N3O2. The Labute approximate surface area is 121 Å². The average molecular weight is 281 g/mol. The number of hydrogen-bond donors (Lipinski definition) is 0. The monoisotopic (exact) mass is 281 g/mol. The molecule has 1 heterocycles. The lowest BCUT2D eigenvalue weighted by Gasteiger charge is -2.02. The zero-order valence-electron chi connectivity index (χ0n) is 12.6. The Morgan fingerprint density at radius 2 is 1.60 bits per heavy atom. The number of nitro groups is 1. The lowest BCUT2D eigenvalue weighted by Crippen LogP contribution is -1.94. The first-order valence-electron chi connectivity index (χ1n) is 7.90. The summed E-state index contributed by atoms with van der Waals surface area (Å²) in [6.45, 7) is 3.08. The van der Waals surface area contributed by atoms with Crippen LogP contribution in [-0.2, 0) is 6.54 Å². The van der Waals surface area contributed by atoms with Crippen molar-refractivity contribution in [1.82, 2.24) is 9.55 Å². The van der Waals surface area contributed by atoms with Crippen molar-refractivity contribution < 1.29 is 4.92 Å². The number of imidazole rings is 1. The normalized spacial score (nSPS) is 10.8. The highest BCUT2D eigenvalue weighted by Gasteiger charge is 2.08. The molecule has 0 aliphatic carbocycles. The summed E-state index contributed by atoms with van der Waals surface area (Å²) in [5.74, 6) is -0.0583. The van der Waals surface area contributed by atoms with E-state index in [0.717, 1.165) is 13.0 Å². The lowest BCUT2D eigenvalue weighted by atomic mass is 10.1. The molecule has 0 radical (unpaired) electrons. The van der Waals surface area contributed by atoms with Crippen LogP contribution in [0.25, 0.3) is 0 Å². The van der Waals surface area contributed by atoms with E-state index in [1.54, 1.807) is 6.33 Å². The van der Waals surface area contributed by atoms with E-state index >= 15 is 0 Å². The topological polar surface area (TPSA) is 61.0 Å². The van der Waals surface area contributed by atoms with Crippen LogP contribution in [0.2, 0.25) is 0 Å². The highest BCUT2D eigenvalue weighted by Crippen LogP contribution is 2.12. The second-order valence-corrected chi connectivity index (χ2v) is 5.41. The number of aryl methyl sites for hydroxylation is 1. The predicted octanol–water partition coefficient (Wildman–Crippen LogP) is 4.71. The van der Waals surface area contributed by atoms with Crippen molar-refractivity contribution in [3.63, 3.8) is 0 Å². The second kappa shape index (κ2) is 10.4. The molecule has 1 rings (SSSR count). The van der Waals surface area contributed by atoms with Crippen LogP contribution < -0.4 is 0 Å². The Kier molecular flexibility index (Phi) is 8.67. The van der Waals surface area contributed by atoms with Crippen LogP contribution in [0.4, 0.5) is 5.82 Å². The third kappa shape index (κ3) is 7.26. The molecule has 0 saturated carbocycles. The largest absolute Gasteiger partial charge is 0.381 e. The van der Waals surface area contributed by atoms with Crippen LogP contribution in [0.1, 0.15) is 71.1 Å². The molecule has 5 heteroatoms. The minimum Gasteiger partial charge on any atom is -0.358 e. The molecule has 0 saturated heterocycles. The maximum absolute atomic E-state index is 10.5. The van der Waals surface area contributed by atoms with Gasteiger partial charge in [-0.15, -0.1) is 0 Å². The Bertz CT molecular complexity index is 377. The Morgan fingerprint density at radius 3 is 2.10 bits per heavy atom. The number of unbranched alkanes of at least 4 members (excludes halogenated alkanes) is 9. The van der Waals surface area contributed by atoms with Gasteiger partial charge in [-0.05, 0) is 16.3 Å². The summed E-state index contributed by atoms with van der Waals surface area (Å²) in [5.41, 5.74) is 0. The lowest BCUT2D eigenvalue weighted by molar-refractivity contribution is -0.389. The van der Waals surface area contributed by atoms with Gasteiger partial charge in [-0.2, -0.15) is 0 Å². The van der Waals surface area contributed by atoms with Gasteiger partial charge in [-0.25, -0.2) is 0 Å². The highest BCUT2D eigenvalue weighted by molar-refractivity contribution is 5.12. The smallest absolute Gasteiger partial charge is 0.358 e. The van der Waals surface area contributed by atoms with Gasteiger partial charge in [0.15, 0.2) is 0 Å². The molecule has 0 aromatic carbocycles. The molecule has 114 valence electrons. The highest BCUT2D eigenvalue weighted by atomic mass is 16.6. The van der Waals surface area contributed by atoms with Gasteiger partial charge in [0.05, 0.1) is 0 Å². The van der Waals surface area contributed by atoms with Gasteiger partial charge in [-0.1, -0.05) is 64.7 Å². The number of hydrogen-bond acceptors (Lipinski definition) is 3. The molecule has 1 aromatic rings. The standard InChI is InChI=1S/C15H27N3O2/c1-2-3-4-5-6-7-8-9-10-11-12-17-13-15(16-14-17)18(19)20/h13-14H,2-12H2,1H3. The Morgan fingerprint density at radius 1 is 1.05 bits per heavy atom. The fraction of sp³-hybridized carbons (Fsp3) is 0.800. The van der Waals surface area contributed by atoms with Crippen LogP contribution in [0.5, 0.6) is 0 Å². The minimum atomic E-state index is -0.449. The van der Waals surface area contributed by atoms with E-state index in [-0.39, 0.29) is 5.82 Å². The average Bonchev–Trinajstić information content (AvgIpc) is 2.90. The summed E-state index contributed by atoms with van der Waals surface area (Å²) < 4.78 is 1.81. The van der Waals surface area contributed by atoms with Crippen molar-refractivity contribution in [2.24, 2.45) is 0 Å². The summed E-state index contributed by atoms with van der Waals surface area (Å²) in [7, 11) is 0. The SMILES string of the molecule is CCCCCCCCCCCCn1cnc([N+](=O)[O-])c1.